The van der Waals surface area contributed by atoms with Crippen molar-refractivity contribution in [3.05, 3.63) is 82.6 Å². The number of hydrogen-bond acceptors (Lipinski definition) is 10. The lowest BCUT2D eigenvalue weighted by Crippen LogP contribution is -2.44. The highest BCUT2D eigenvalue weighted by atomic mass is 35.5. The number of anilines is 2. The zero-order valence-corrected chi connectivity index (χ0v) is 33.5. The lowest BCUT2D eigenvalue weighted by Gasteiger charge is -2.33. The number of rotatable bonds is 10. The van der Waals surface area contributed by atoms with E-state index in [-0.39, 0.29) is 18.3 Å². The molecule has 3 aromatic heterocycles. The van der Waals surface area contributed by atoms with E-state index >= 15 is 0 Å². The molecule has 2 aromatic carbocycles. The zero-order valence-electron chi connectivity index (χ0n) is 31.9. The molecule has 0 bridgehead atoms. The first-order chi connectivity index (χ1) is 27.7. The van der Waals surface area contributed by atoms with E-state index in [2.05, 4.69) is 55.0 Å². The fourth-order valence-electron chi connectivity index (χ4n) is 7.63. The number of ether oxygens (including phenoxy) is 1. The number of piperidine rings is 1. The summed E-state index contributed by atoms with van der Waals surface area (Å²) in [4.78, 5) is 40.0. The first-order valence-corrected chi connectivity index (χ1v) is 20.1. The van der Waals surface area contributed by atoms with Gasteiger partial charge in [0, 0.05) is 61.1 Å². The number of likely N-dealkylation sites (N-methyl/N-ethyl adjacent to an activating group) is 1. The van der Waals surface area contributed by atoms with Gasteiger partial charge in [-0.15, -0.1) is 11.3 Å². The van der Waals surface area contributed by atoms with Crippen LogP contribution in [0.25, 0.3) is 20.7 Å². The van der Waals surface area contributed by atoms with Gasteiger partial charge in [-0.25, -0.2) is 19.2 Å². The van der Waals surface area contributed by atoms with Crippen LogP contribution in [0.1, 0.15) is 36.1 Å². The molecule has 308 valence electrons. The topological polar surface area (TPSA) is 129 Å². The molecule has 3 aliphatic rings. The van der Waals surface area contributed by atoms with Crippen LogP contribution in [0.4, 0.5) is 29.1 Å². The molecule has 18 heteroatoms. The third kappa shape index (κ3) is 9.71. The van der Waals surface area contributed by atoms with Crippen LogP contribution >= 0.6 is 22.9 Å². The number of nitrogens with one attached hydrogen (secondary N) is 1. The third-order valence-electron chi connectivity index (χ3n) is 10.8. The van der Waals surface area contributed by atoms with Crippen molar-refractivity contribution in [1.82, 2.24) is 34.4 Å². The largest absolute Gasteiger partial charge is 0.490 e. The Morgan fingerprint density at radius 2 is 1.84 bits per heavy atom. The monoisotopic (exact) mass is 842 g/mol. The van der Waals surface area contributed by atoms with E-state index in [0.717, 1.165) is 97.8 Å². The molecule has 2 saturated heterocycles. The Morgan fingerprint density at radius 3 is 2.53 bits per heavy atom. The number of halogens is 5. The van der Waals surface area contributed by atoms with Crippen molar-refractivity contribution in [3.8, 4) is 16.2 Å². The number of carboxylic acids is 1. The number of carbonyl (C=O) groups is 2. The Morgan fingerprint density at radius 1 is 1.07 bits per heavy atom. The van der Waals surface area contributed by atoms with Gasteiger partial charge in [0.2, 0.25) is 5.91 Å². The van der Waals surface area contributed by atoms with Gasteiger partial charge in [0.05, 0.1) is 22.6 Å². The zero-order chi connectivity index (χ0) is 41.1. The van der Waals surface area contributed by atoms with Crippen molar-refractivity contribution in [2.24, 2.45) is 5.92 Å². The van der Waals surface area contributed by atoms with Crippen LogP contribution < -0.4 is 10.1 Å². The van der Waals surface area contributed by atoms with Gasteiger partial charge in [0.1, 0.15) is 35.1 Å². The van der Waals surface area contributed by atoms with Crippen LogP contribution in [0, 0.1) is 11.7 Å². The van der Waals surface area contributed by atoms with Crippen LogP contribution in [0.15, 0.2) is 55.0 Å². The van der Waals surface area contributed by atoms with Gasteiger partial charge in [-0.2, -0.15) is 18.3 Å². The molecule has 1 aliphatic carbocycles. The SMILES string of the molecule is CN(C)[C@@H]1CCN(CC(=O)N2CCC(Cn3cc4c(n3)CCc3c-4sc4ncnc(Nc5ccc(OCc6cccc(F)c6)c(Cl)c5)c34)CC2)C1.O=C(O)C(F)(F)F. The second-order valence-corrected chi connectivity index (χ2v) is 16.4. The molecule has 1 amide bonds. The molecule has 2 fully saturated rings. The molecule has 1 atom stereocenters. The summed E-state index contributed by atoms with van der Waals surface area (Å²) in [6.45, 7) is 5.23. The van der Waals surface area contributed by atoms with Crippen molar-refractivity contribution < 1.29 is 37.0 Å². The molecule has 8 rings (SSSR count). The highest BCUT2D eigenvalue weighted by Gasteiger charge is 2.38. The summed E-state index contributed by atoms with van der Waals surface area (Å²) in [6, 6.07) is 12.4. The lowest BCUT2D eigenvalue weighted by molar-refractivity contribution is -0.192. The average Bonchev–Trinajstić information content (AvgIpc) is 3.92. The lowest BCUT2D eigenvalue weighted by atomic mass is 9.95. The molecular formula is C40H43ClF4N8O4S. The molecule has 2 aliphatic heterocycles. The van der Waals surface area contributed by atoms with Gasteiger partial charge in [0.15, 0.2) is 0 Å². The van der Waals surface area contributed by atoms with E-state index in [4.69, 9.17) is 31.3 Å². The Kier molecular flexibility index (Phi) is 12.5. The van der Waals surface area contributed by atoms with Crippen LogP contribution in [0.5, 0.6) is 5.75 Å². The summed E-state index contributed by atoms with van der Waals surface area (Å²) in [5.74, 6) is -1.04. The summed E-state index contributed by atoms with van der Waals surface area (Å²) >= 11 is 8.29. The fraction of sp³-hybridized carbons (Fsp3) is 0.425. The number of fused-ring (bicyclic) bond motifs is 5. The van der Waals surface area contributed by atoms with Crippen molar-refractivity contribution in [3.63, 3.8) is 0 Å². The van der Waals surface area contributed by atoms with Crippen LogP contribution in [0.3, 0.4) is 0 Å². The standard InChI is InChI=1S/C38H42ClFN8O2S.C2HF3O2/c1-45(2)28-12-13-46(19-28)21-34(49)47-14-10-24(11-15-47)18-48-20-30-32(44-48)8-7-29-35-37(41-23-42-38(35)51-36(29)30)43-27-6-9-33(31(39)17-27)50-22-25-4-3-5-26(40)16-25;3-2(4,5)1(6)7/h3-6,9,16-17,20,23-24,28H,7-8,10-15,18-19,21-22H2,1-2H3,(H,41,42,43);(H,6,7)/t28-;/m1./s1. The first kappa shape index (κ1) is 41.3. The van der Waals surface area contributed by atoms with E-state index in [1.54, 1.807) is 23.7 Å². The molecular weight excluding hydrogens is 800 g/mol. The number of amides is 1. The van der Waals surface area contributed by atoms with Gasteiger partial charge in [0.25, 0.3) is 0 Å². The van der Waals surface area contributed by atoms with E-state index in [1.165, 1.54) is 28.1 Å². The van der Waals surface area contributed by atoms with Gasteiger partial charge >= 0.3 is 12.1 Å². The van der Waals surface area contributed by atoms with E-state index in [0.29, 0.717) is 29.3 Å². The highest BCUT2D eigenvalue weighted by molar-refractivity contribution is 7.22. The minimum Gasteiger partial charge on any atom is -0.487 e. The number of aryl methyl sites for hydroxylation is 2. The molecule has 0 saturated carbocycles. The second kappa shape index (κ2) is 17.6. The smallest absolute Gasteiger partial charge is 0.487 e. The van der Waals surface area contributed by atoms with Gasteiger partial charge in [-0.05, 0) is 93.6 Å². The van der Waals surface area contributed by atoms with E-state index in [9.17, 15) is 22.4 Å². The van der Waals surface area contributed by atoms with Gasteiger partial charge in [-0.3, -0.25) is 14.4 Å². The third-order valence-corrected chi connectivity index (χ3v) is 12.2. The first-order valence-electron chi connectivity index (χ1n) is 19.0. The minimum absolute atomic E-state index is 0.216. The van der Waals surface area contributed by atoms with Crippen LogP contribution in [-0.4, -0.2) is 110 Å². The van der Waals surface area contributed by atoms with Crippen molar-refractivity contribution in [2.45, 2.75) is 57.5 Å². The van der Waals surface area contributed by atoms with Crippen LogP contribution in [-0.2, 0) is 35.6 Å². The summed E-state index contributed by atoms with van der Waals surface area (Å²) in [7, 11) is 4.24. The normalized spacial score (nSPS) is 17.2. The van der Waals surface area contributed by atoms with Crippen molar-refractivity contribution in [1.29, 1.82) is 0 Å². The maximum absolute atomic E-state index is 13.6. The number of aliphatic carboxylic acids is 1. The minimum atomic E-state index is -5.08. The Labute approximate surface area is 341 Å². The molecule has 12 nitrogen and oxygen atoms in total. The van der Waals surface area contributed by atoms with Crippen molar-refractivity contribution in [2.75, 3.05) is 52.1 Å². The van der Waals surface area contributed by atoms with E-state index in [1.807, 2.05) is 24.3 Å². The van der Waals surface area contributed by atoms with Gasteiger partial charge in [-0.1, -0.05) is 23.7 Å². The molecule has 0 radical (unpaired) electrons. The maximum Gasteiger partial charge on any atom is 0.490 e. The number of carbonyl (C=O) groups excluding carboxylic acids is 1. The summed E-state index contributed by atoms with van der Waals surface area (Å²) in [5, 5.41) is 17.1. The molecule has 2 N–H and O–H groups in total. The molecule has 0 spiro atoms. The quantitative estimate of drug-likeness (QED) is 0.139. The molecule has 0 unspecified atom stereocenters. The highest BCUT2D eigenvalue weighted by Crippen LogP contribution is 2.45. The van der Waals surface area contributed by atoms with Gasteiger partial charge < -0.3 is 25.0 Å². The van der Waals surface area contributed by atoms with Crippen molar-refractivity contribution >= 4 is 56.5 Å². The number of thiophene rings is 1. The number of carboxylic acid groups (broad SMARTS) is 1. The maximum atomic E-state index is 13.6. The number of likely N-dealkylation sites (tertiary alicyclic amines) is 2. The summed E-state index contributed by atoms with van der Waals surface area (Å²) in [6.07, 6.45) is 3.57. The number of hydrogen-bond donors (Lipinski definition) is 2. The average molecular weight is 843 g/mol. The second-order valence-electron chi connectivity index (χ2n) is 15.0. The number of benzene rings is 2. The Balaban J connectivity index is 0.000000672. The molecule has 5 aromatic rings. The number of nitrogens with zero attached hydrogens (tertiary/aromatic N) is 7. The van der Waals surface area contributed by atoms with Crippen LogP contribution in [0.2, 0.25) is 5.02 Å². The summed E-state index contributed by atoms with van der Waals surface area (Å²) in [5.41, 5.74) is 5.07. The molecule has 5 heterocycles. The van der Waals surface area contributed by atoms with E-state index < -0.39 is 12.1 Å². The summed E-state index contributed by atoms with van der Waals surface area (Å²) < 4.78 is 53.3. The predicted octanol–water partition coefficient (Wildman–Crippen LogP) is 7.28. The Bertz CT molecular complexity index is 2280. The Hall–Kier alpha value is -4.84. The molecule has 58 heavy (non-hydrogen) atoms. The predicted molar refractivity (Wildman–Crippen MR) is 213 cm³/mol. The number of alkyl halides is 3. The number of aromatic nitrogens is 4. The fourth-order valence-corrected chi connectivity index (χ4v) is 9.09.